The van der Waals surface area contributed by atoms with Crippen LogP contribution < -0.4 is 14.4 Å². The standard InChI is InChI=1S/C24H24ClNO4/c1-14-11-19(22(30-3)13-17(14)25)26-18-8-6-9-20(27)24(18)16(12-23(26)28)15-7-4-5-10-21(15)29-2/h4-5,7,10-11,13,16H,6,8-9,12H2,1-3H3. The van der Waals surface area contributed by atoms with Crippen molar-refractivity contribution in [2.24, 2.45) is 0 Å². The van der Waals surface area contributed by atoms with E-state index in [9.17, 15) is 9.59 Å². The number of amides is 1. The average Bonchev–Trinajstić information content (AvgIpc) is 2.75. The Labute approximate surface area is 181 Å². The zero-order chi connectivity index (χ0) is 21.4. The normalized spacial score (nSPS) is 19.1. The Morgan fingerprint density at radius 2 is 1.77 bits per heavy atom. The molecule has 0 saturated carbocycles. The van der Waals surface area contributed by atoms with Crippen molar-refractivity contribution in [1.82, 2.24) is 0 Å². The van der Waals surface area contributed by atoms with Crippen LogP contribution in [0.15, 0.2) is 47.7 Å². The van der Waals surface area contributed by atoms with Crippen molar-refractivity contribution in [3.8, 4) is 11.5 Å². The van der Waals surface area contributed by atoms with Gasteiger partial charge in [0, 0.05) is 46.7 Å². The number of anilines is 1. The summed E-state index contributed by atoms with van der Waals surface area (Å²) in [6, 6.07) is 11.2. The second-order valence-corrected chi connectivity index (χ2v) is 8.05. The Balaban J connectivity index is 1.92. The molecule has 0 N–H and O–H groups in total. The Morgan fingerprint density at radius 3 is 2.50 bits per heavy atom. The minimum atomic E-state index is -0.313. The van der Waals surface area contributed by atoms with Crippen LogP contribution in [0.1, 0.15) is 42.7 Å². The van der Waals surface area contributed by atoms with Crippen LogP contribution in [0.4, 0.5) is 5.69 Å². The predicted octanol–water partition coefficient (Wildman–Crippen LogP) is 5.19. The van der Waals surface area contributed by atoms with Gasteiger partial charge in [-0.25, -0.2) is 0 Å². The summed E-state index contributed by atoms with van der Waals surface area (Å²) in [5.41, 5.74) is 3.81. The van der Waals surface area contributed by atoms with Crippen LogP contribution in [0.2, 0.25) is 5.02 Å². The van der Waals surface area contributed by atoms with Gasteiger partial charge in [-0.1, -0.05) is 29.8 Å². The van der Waals surface area contributed by atoms with Gasteiger partial charge in [-0.3, -0.25) is 14.5 Å². The molecule has 5 nitrogen and oxygen atoms in total. The number of carbonyl (C=O) groups excluding carboxylic acids is 2. The van der Waals surface area contributed by atoms with E-state index >= 15 is 0 Å². The number of rotatable bonds is 4. The largest absolute Gasteiger partial charge is 0.496 e. The number of ketones is 1. The molecule has 0 saturated heterocycles. The fraction of sp³-hybridized carbons (Fsp3) is 0.333. The lowest BCUT2D eigenvalue weighted by molar-refractivity contribution is -0.120. The first-order valence-corrected chi connectivity index (χ1v) is 10.4. The number of allylic oxidation sites excluding steroid dienone is 2. The lowest BCUT2D eigenvalue weighted by Crippen LogP contribution is -2.40. The average molecular weight is 426 g/mol. The van der Waals surface area contributed by atoms with Gasteiger partial charge in [-0.05, 0) is 37.5 Å². The van der Waals surface area contributed by atoms with Crippen LogP contribution in [-0.4, -0.2) is 25.9 Å². The third-order valence-electron chi connectivity index (χ3n) is 5.89. The van der Waals surface area contributed by atoms with Crippen molar-refractivity contribution in [1.29, 1.82) is 0 Å². The molecule has 1 unspecified atom stereocenters. The molecule has 1 aliphatic heterocycles. The molecule has 0 aromatic heterocycles. The number of methoxy groups -OCH3 is 2. The first kappa shape index (κ1) is 20.5. The lowest BCUT2D eigenvalue weighted by Gasteiger charge is -2.39. The number of ether oxygens (including phenoxy) is 2. The molecule has 2 aliphatic rings. The number of hydrogen-bond acceptors (Lipinski definition) is 4. The van der Waals surface area contributed by atoms with Gasteiger partial charge in [-0.15, -0.1) is 0 Å². The number of Topliss-reactive ketones (excluding diaryl/α,β-unsaturated/α-hetero) is 1. The molecule has 0 spiro atoms. The number of nitrogens with zero attached hydrogens (tertiary/aromatic N) is 1. The summed E-state index contributed by atoms with van der Waals surface area (Å²) in [5, 5.41) is 0.570. The third-order valence-corrected chi connectivity index (χ3v) is 6.30. The van der Waals surface area contributed by atoms with Gasteiger partial charge < -0.3 is 9.47 Å². The van der Waals surface area contributed by atoms with E-state index in [1.54, 1.807) is 25.2 Å². The third kappa shape index (κ3) is 3.37. The first-order valence-electron chi connectivity index (χ1n) is 10.0. The van der Waals surface area contributed by atoms with Gasteiger partial charge in [0.15, 0.2) is 5.78 Å². The second kappa shape index (κ2) is 8.15. The highest BCUT2D eigenvalue weighted by Crippen LogP contribution is 2.47. The Kier molecular flexibility index (Phi) is 5.56. The first-order chi connectivity index (χ1) is 14.5. The topological polar surface area (TPSA) is 55.8 Å². The number of halogens is 1. The van der Waals surface area contributed by atoms with Gasteiger partial charge in [0.05, 0.1) is 19.9 Å². The summed E-state index contributed by atoms with van der Waals surface area (Å²) in [6.45, 7) is 1.89. The fourth-order valence-corrected chi connectivity index (χ4v) is 4.63. The lowest BCUT2D eigenvalue weighted by atomic mass is 9.77. The van der Waals surface area contributed by atoms with Crippen LogP contribution in [0.5, 0.6) is 11.5 Å². The molecule has 1 atom stereocenters. The van der Waals surface area contributed by atoms with Crippen LogP contribution in [0, 0.1) is 6.92 Å². The highest BCUT2D eigenvalue weighted by molar-refractivity contribution is 6.31. The molecule has 2 aromatic carbocycles. The highest BCUT2D eigenvalue weighted by atomic mass is 35.5. The maximum absolute atomic E-state index is 13.5. The molecule has 30 heavy (non-hydrogen) atoms. The molecule has 156 valence electrons. The van der Waals surface area contributed by atoms with Gasteiger partial charge in [0.2, 0.25) is 5.91 Å². The van der Waals surface area contributed by atoms with E-state index < -0.39 is 0 Å². The number of para-hydroxylation sites is 1. The number of aryl methyl sites for hydroxylation is 1. The van der Waals surface area contributed by atoms with E-state index in [-0.39, 0.29) is 24.0 Å². The Morgan fingerprint density at radius 1 is 1.03 bits per heavy atom. The summed E-state index contributed by atoms with van der Waals surface area (Å²) in [6.07, 6.45) is 2.05. The van der Waals surface area contributed by atoms with Crippen LogP contribution in [-0.2, 0) is 9.59 Å². The Hall–Kier alpha value is -2.79. The predicted molar refractivity (Wildman–Crippen MR) is 116 cm³/mol. The minimum absolute atomic E-state index is 0.0700. The van der Waals surface area contributed by atoms with Crippen molar-refractivity contribution >= 4 is 29.0 Å². The van der Waals surface area contributed by atoms with E-state index in [2.05, 4.69) is 0 Å². The number of hydrogen-bond donors (Lipinski definition) is 0. The summed E-state index contributed by atoms with van der Waals surface area (Å²) in [4.78, 5) is 28.2. The quantitative estimate of drug-likeness (QED) is 0.676. The SMILES string of the molecule is COc1ccccc1C1CC(=O)N(c2cc(C)c(Cl)cc2OC)C2=C1C(=O)CCC2. The van der Waals surface area contributed by atoms with Gasteiger partial charge >= 0.3 is 0 Å². The monoisotopic (exact) mass is 425 g/mol. The van der Waals surface area contributed by atoms with Crippen molar-refractivity contribution in [3.63, 3.8) is 0 Å². The van der Waals surface area contributed by atoms with Crippen molar-refractivity contribution in [2.75, 3.05) is 19.1 Å². The molecular weight excluding hydrogens is 402 g/mol. The molecule has 0 bridgehead atoms. The Bertz CT molecular complexity index is 1060. The molecular formula is C24H24ClNO4. The van der Waals surface area contributed by atoms with E-state index in [0.29, 0.717) is 40.6 Å². The molecule has 0 radical (unpaired) electrons. The van der Waals surface area contributed by atoms with Gasteiger partial charge in [0.25, 0.3) is 0 Å². The number of carbonyl (C=O) groups is 2. The molecule has 1 amide bonds. The summed E-state index contributed by atoms with van der Waals surface area (Å²) in [5.74, 6) is 0.911. The van der Waals surface area contributed by atoms with Crippen molar-refractivity contribution in [3.05, 3.63) is 63.8 Å². The van der Waals surface area contributed by atoms with E-state index in [1.165, 1.54) is 0 Å². The smallest absolute Gasteiger partial charge is 0.232 e. The van der Waals surface area contributed by atoms with Gasteiger partial charge in [0.1, 0.15) is 11.5 Å². The molecule has 2 aromatic rings. The molecule has 0 fully saturated rings. The van der Waals surface area contributed by atoms with E-state index in [4.69, 9.17) is 21.1 Å². The summed E-state index contributed by atoms with van der Waals surface area (Å²) in [7, 11) is 3.16. The summed E-state index contributed by atoms with van der Waals surface area (Å²) >= 11 is 6.27. The summed E-state index contributed by atoms with van der Waals surface area (Å²) < 4.78 is 11.1. The fourth-order valence-electron chi connectivity index (χ4n) is 4.48. The van der Waals surface area contributed by atoms with Gasteiger partial charge in [-0.2, -0.15) is 0 Å². The zero-order valence-corrected chi connectivity index (χ0v) is 18.1. The van der Waals surface area contributed by atoms with Crippen molar-refractivity contribution in [2.45, 2.75) is 38.5 Å². The van der Waals surface area contributed by atoms with E-state index in [1.807, 2.05) is 37.3 Å². The minimum Gasteiger partial charge on any atom is -0.496 e. The molecule has 4 rings (SSSR count). The molecule has 1 heterocycles. The maximum atomic E-state index is 13.5. The highest BCUT2D eigenvalue weighted by Gasteiger charge is 2.41. The second-order valence-electron chi connectivity index (χ2n) is 7.64. The van der Waals surface area contributed by atoms with Crippen molar-refractivity contribution < 1.29 is 19.1 Å². The number of benzene rings is 2. The molecule has 1 aliphatic carbocycles. The maximum Gasteiger partial charge on any atom is 0.232 e. The van der Waals surface area contributed by atoms with Crippen LogP contribution in [0.25, 0.3) is 0 Å². The van der Waals surface area contributed by atoms with Crippen LogP contribution in [0.3, 0.4) is 0 Å². The zero-order valence-electron chi connectivity index (χ0n) is 17.3. The van der Waals surface area contributed by atoms with Crippen LogP contribution >= 0.6 is 11.6 Å². The van der Waals surface area contributed by atoms with E-state index in [0.717, 1.165) is 23.2 Å². The molecule has 6 heteroatoms.